The molecular formula is C23H22N6O3. The predicted octanol–water partition coefficient (Wildman–Crippen LogP) is 2.22. The number of carbonyl (C=O) groups excluding carboxylic acids is 1. The lowest BCUT2D eigenvalue weighted by Crippen LogP contribution is -2.28. The van der Waals surface area contributed by atoms with Gasteiger partial charge in [-0.25, -0.2) is 9.78 Å². The number of aryl methyl sites for hydroxylation is 2. The number of H-pyrrole nitrogens is 2. The first kappa shape index (κ1) is 19.8. The second-order valence-electron chi connectivity index (χ2n) is 7.83. The first-order chi connectivity index (χ1) is 15.5. The summed E-state index contributed by atoms with van der Waals surface area (Å²) in [5.41, 5.74) is 3.82. The second kappa shape index (κ2) is 7.84. The number of benzene rings is 2. The van der Waals surface area contributed by atoms with E-state index in [2.05, 4.69) is 43.4 Å². The molecule has 4 aromatic rings. The normalized spacial score (nSPS) is 12.8. The number of rotatable bonds is 5. The summed E-state index contributed by atoms with van der Waals surface area (Å²) in [5, 5.41) is 2.89. The highest BCUT2D eigenvalue weighted by molar-refractivity contribution is 5.91. The highest BCUT2D eigenvalue weighted by Crippen LogP contribution is 2.34. The number of aromatic nitrogens is 4. The number of aromatic amines is 2. The van der Waals surface area contributed by atoms with Crippen LogP contribution in [0.1, 0.15) is 17.8 Å². The lowest BCUT2D eigenvalue weighted by molar-refractivity contribution is -0.116. The third kappa shape index (κ3) is 3.58. The van der Waals surface area contributed by atoms with Crippen molar-refractivity contribution in [2.24, 2.45) is 7.05 Å². The number of hydrogen-bond acceptors (Lipinski definition) is 5. The lowest BCUT2D eigenvalue weighted by Gasteiger charge is -2.20. The molecule has 2 aromatic carbocycles. The highest BCUT2D eigenvalue weighted by atomic mass is 16.2. The van der Waals surface area contributed by atoms with Crippen LogP contribution in [0.5, 0.6) is 0 Å². The molecule has 0 atom stereocenters. The van der Waals surface area contributed by atoms with Gasteiger partial charge in [0.05, 0.1) is 0 Å². The van der Waals surface area contributed by atoms with E-state index in [1.165, 1.54) is 22.9 Å². The molecule has 1 amide bonds. The van der Waals surface area contributed by atoms with Gasteiger partial charge < -0.3 is 15.2 Å². The van der Waals surface area contributed by atoms with Crippen LogP contribution < -0.4 is 21.5 Å². The molecule has 0 bridgehead atoms. The summed E-state index contributed by atoms with van der Waals surface area (Å²) in [5.74, 6) is 0.317. The number of anilines is 3. The molecule has 0 saturated carbocycles. The maximum atomic E-state index is 12.4. The quantitative estimate of drug-likeness (QED) is 0.449. The maximum absolute atomic E-state index is 12.4. The highest BCUT2D eigenvalue weighted by Gasteiger charge is 2.19. The van der Waals surface area contributed by atoms with Crippen LogP contribution in [-0.2, 0) is 24.7 Å². The minimum Gasteiger partial charge on any atom is -0.341 e. The molecule has 9 heteroatoms. The van der Waals surface area contributed by atoms with Gasteiger partial charge in [-0.3, -0.25) is 19.1 Å². The van der Waals surface area contributed by atoms with Crippen molar-refractivity contribution < 1.29 is 4.79 Å². The molecule has 0 fully saturated rings. The smallest absolute Gasteiger partial charge is 0.329 e. The van der Waals surface area contributed by atoms with E-state index in [-0.39, 0.29) is 23.5 Å². The SMILES string of the molecule is Cn1c(=O)[nH]c(=O)c2[nH]c(CCC(=O)Nc3ccc(N4CCc5ccccc54)cc3)nc21. The van der Waals surface area contributed by atoms with Gasteiger partial charge >= 0.3 is 5.69 Å². The Kier molecular flexibility index (Phi) is 4.85. The van der Waals surface area contributed by atoms with E-state index in [0.717, 1.165) is 24.3 Å². The first-order valence-corrected chi connectivity index (χ1v) is 10.4. The monoisotopic (exact) mass is 430 g/mol. The van der Waals surface area contributed by atoms with E-state index in [4.69, 9.17) is 0 Å². The number of nitrogens with one attached hydrogen (secondary N) is 3. The Bertz CT molecular complexity index is 1430. The first-order valence-electron chi connectivity index (χ1n) is 10.4. The summed E-state index contributed by atoms with van der Waals surface area (Å²) >= 11 is 0. The van der Waals surface area contributed by atoms with E-state index in [9.17, 15) is 14.4 Å². The second-order valence-corrected chi connectivity index (χ2v) is 7.83. The molecule has 1 aliphatic heterocycles. The van der Waals surface area contributed by atoms with Gasteiger partial charge in [0, 0.05) is 43.5 Å². The fourth-order valence-electron chi connectivity index (χ4n) is 4.06. The van der Waals surface area contributed by atoms with Crippen molar-refractivity contribution in [1.82, 2.24) is 19.5 Å². The molecule has 162 valence electrons. The number of nitrogens with zero attached hydrogens (tertiary/aromatic N) is 3. The molecule has 0 aliphatic carbocycles. The van der Waals surface area contributed by atoms with Crippen LogP contribution in [0, 0.1) is 0 Å². The number of amides is 1. The van der Waals surface area contributed by atoms with Crippen LogP contribution >= 0.6 is 0 Å². The van der Waals surface area contributed by atoms with Gasteiger partial charge in [-0.2, -0.15) is 0 Å². The maximum Gasteiger partial charge on any atom is 0.329 e. The Labute approximate surface area is 182 Å². The molecule has 5 rings (SSSR count). The number of fused-ring (bicyclic) bond motifs is 2. The summed E-state index contributed by atoms with van der Waals surface area (Å²) in [4.78, 5) is 47.7. The summed E-state index contributed by atoms with van der Waals surface area (Å²) < 4.78 is 1.26. The molecule has 3 heterocycles. The third-order valence-corrected chi connectivity index (χ3v) is 5.74. The van der Waals surface area contributed by atoms with Crippen molar-refractivity contribution in [3.8, 4) is 0 Å². The van der Waals surface area contributed by atoms with E-state index in [1.807, 2.05) is 30.3 Å². The summed E-state index contributed by atoms with van der Waals surface area (Å²) in [6.07, 6.45) is 1.53. The van der Waals surface area contributed by atoms with Crippen LogP contribution in [0.2, 0.25) is 0 Å². The van der Waals surface area contributed by atoms with Gasteiger partial charge in [0.1, 0.15) is 11.3 Å². The number of imidazole rings is 1. The van der Waals surface area contributed by atoms with E-state index >= 15 is 0 Å². The molecule has 2 aromatic heterocycles. The largest absolute Gasteiger partial charge is 0.341 e. The fourth-order valence-corrected chi connectivity index (χ4v) is 4.06. The molecule has 0 unspecified atom stereocenters. The van der Waals surface area contributed by atoms with Crippen molar-refractivity contribution in [3.63, 3.8) is 0 Å². The molecule has 3 N–H and O–H groups in total. The van der Waals surface area contributed by atoms with Crippen molar-refractivity contribution in [2.75, 3.05) is 16.8 Å². The van der Waals surface area contributed by atoms with Crippen LogP contribution in [0.3, 0.4) is 0 Å². The Morgan fingerprint density at radius 3 is 2.69 bits per heavy atom. The number of carbonyl (C=O) groups is 1. The predicted molar refractivity (Wildman–Crippen MR) is 123 cm³/mol. The van der Waals surface area contributed by atoms with Gasteiger partial charge in [0.25, 0.3) is 5.56 Å². The van der Waals surface area contributed by atoms with Crippen molar-refractivity contribution >= 4 is 34.1 Å². The van der Waals surface area contributed by atoms with Gasteiger partial charge in [-0.1, -0.05) is 18.2 Å². The van der Waals surface area contributed by atoms with Gasteiger partial charge in [-0.05, 0) is 42.3 Å². The van der Waals surface area contributed by atoms with Crippen LogP contribution in [0.15, 0.2) is 58.1 Å². The summed E-state index contributed by atoms with van der Waals surface area (Å²) in [7, 11) is 1.53. The molecule has 9 nitrogen and oxygen atoms in total. The average Bonchev–Trinajstić information content (AvgIpc) is 3.42. The molecule has 1 aliphatic rings. The zero-order chi connectivity index (χ0) is 22.2. The van der Waals surface area contributed by atoms with E-state index in [1.54, 1.807) is 0 Å². The molecule has 0 spiro atoms. The molecule has 0 radical (unpaired) electrons. The lowest BCUT2D eigenvalue weighted by atomic mass is 10.2. The van der Waals surface area contributed by atoms with Crippen LogP contribution in [0.25, 0.3) is 11.2 Å². The van der Waals surface area contributed by atoms with Gasteiger partial charge in [-0.15, -0.1) is 0 Å². The number of para-hydroxylation sites is 1. The zero-order valence-electron chi connectivity index (χ0n) is 17.5. The molecular weight excluding hydrogens is 408 g/mol. The summed E-state index contributed by atoms with van der Waals surface area (Å²) in [6, 6.07) is 16.2. The minimum absolute atomic E-state index is 0.160. The topological polar surface area (TPSA) is 116 Å². The van der Waals surface area contributed by atoms with E-state index in [0.29, 0.717) is 12.2 Å². The fraction of sp³-hybridized carbons (Fsp3) is 0.217. The van der Waals surface area contributed by atoms with Crippen molar-refractivity contribution in [1.29, 1.82) is 0 Å². The Balaban J connectivity index is 1.23. The van der Waals surface area contributed by atoms with E-state index < -0.39 is 11.2 Å². The third-order valence-electron chi connectivity index (χ3n) is 5.74. The minimum atomic E-state index is -0.529. The Hall–Kier alpha value is -4.14. The number of hydrogen-bond donors (Lipinski definition) is 3. The van der Waals surface area contributed by atoms with Gasteiger partial charge in [0.15, 0.2) is 5.65 Å². The molecule has 0 saturated heterocycles. The van der Waals surface area contributed by atoms with Crippen LogP contribution in [0.4, 0.5) is 17.1 Å². The van der Waals surface area contributed by atoms with Crippen molar-refractivity contribution in [3.05, 3.63) is 80.8 Å². The van der Waals surface area contributed by atoms with Crippen molar-refractivity contribution in [2.45, 2.75) is 19.3 Å². The zero-order valence-corrected chi connectivity index (χ0v) is 17.5. The molecule has 32 heavy (non-hydrogen) atoms. The summed E-state index contributed by atoms with van der Waals surface area (Å²) in [6.45, 7) is 0.941. The Morgan fingerprint density at radius 2 is 1.88 bits per heavy atom. The Morgan fingerprint density at radius 1 is 1.09 bits per heavy atom. The standard InChI is InChI=1S/C23H22N6O3/c1-28-21-20(22(31)27-23(28)32)25-18(26-21)10-11-19(30)24-15-6-8-16(9-7-15)29-13-12-14-4-2-3-5-17(14)29/h2-9H,10-13H2,1H3,(H,24,30)(H,25,26)(H,27,31,32). The van der Waals surface area contributed by atoms with Gasteiger partial charge in [0.2, 0.25) is 5.91 Å². The average molecular weight is 430 g/mol. The van der Waals surface area contributed by atoms with Crippen LogP contribution in [-0.4, -0.2) is 32.0 Å².